The lowest BCUT2D eigenvalue weighted by Crippen LogP contribution is -2.23. The van der Waals surface area contributed by atoms with E-state index in [0.29, 0.717) is 5.82 Å². The minimum absolute atomic E-state index is 0.181. The zero-order chi connectivity index (χ0) is 13.9. The molecule has 0 saturated carbocycles. The van der Waals surface area contributed by atoms with Gasteiger partial charge in [0.1, 0.15) is 10.8 Å². The van der Waals surface area contributed by atoms with Crippen LogP contribution in [0.5, 0.6) is 0 Å². The molecular weight excluding hydrogens is 284 g/mol. The molecule has 2 heterocycles. The standard InChI is InChI=1S/C11H14N4O2S2/c1-8-7-18-11(15-8)6-14-19(16,17)9-3-4-13-10(5-9)12-2/h3-5,7,14H,6H2,1-2H3,(H,12,13). The summed E-state index contributed by atoms with van der Waals surface area (Å²) in [4.78, 5) is 8.37. The normalized spacial score (nSPS) is 11.5. The van der Waals surface area contributed by atoms with Crippen molar-refractivity contribution in [2.75, 3.05) is 12.4 Å². The summed E-state index contributed by atoms with van der Waals surface area (Å²) in [5.41, 5.74) is 0.889. The molecule has 19 heavy (non-hydrogen) atoms. The van der Waals surface area contributed by atoms with Crippen molar-refractivity contribution in [3.63, 3.8) is 0 Å². The Bertz CT molecular complexity index is 667. The Morgan fingerprint density at radius 2 is 2.21 bits per heavy atom. The first-order valence-corrected chi connectivity index (χ1v) is 7.92. The molecule has 0 aliphatic rings. The van der Waals surface area contributed by atoms with Gasteiger partial charge in [-0.05, 0) is 13.0 Å². The van der Waals surface area contributed by atoms with Gasteiger partial charge in [0, 0.05) is 30.4 Å². The van der Waals surface area contributed by atoms with Crippen molar-refractivity contribution in [2.45, 2.75) is 18.4 Å². The maximum atomic E-state index is 12.1. The van der Waals surface area contributed by atoms with Crippen molar-refractivity contribution in [2.24, 2.45) is 0 Å². The SMILES string of the molecule is CNc1cc(S(=O)(=O)NCc2nc(C)cs2)ccn1. The molecule has 0 spiro atoms. The third-order valence-corrected chi connectivity index (χ3v) is 4.74. The smallest absolute Gasteiger partial charge is 0.241 e. The predicted molar refractivity (Wildman–Crippen MR) is 74.7 cm³/mol. The Labute approximate surface area is 116 Å². The lowest BCUT2D eigenvalue weighted by atomic mass is 10.5. The van der Waals surface area contributed by atoms with Crippen molar-refractivity contribution < 1.29 is 8.42 Å². The maximum Gasteiger partial charge on any atom is 0.241 e. The molecule has 0 aliphatic heterocycles. The van der Waals surface area contributed by atoms with Gasteiger partial charge in [0.05, 0.1) is 11.4 Å². The van der Waals surface area contributed by atoms with E-state index >= 15 is 0 Å². The van der Waals surface area contributed by atoms with Gasteiger partial charge in [-0.1, -0.05) is 0 Å². The molecule has 0 atom stereocenters. The second kappa shape index (κ2) is 5.64. The topological polar surface area (TPSA) is 84.0 Å². The van der Waals surface area contributed by atoms with Crippen molar-refractivity contribution in [1.29, 1.82) is 0 Å². The average molecular weight is 298 g/mol. The fourth-order valence-electron chi connectivity index (χ4n) is 1.44. The van der Waals surface area contributed by atoms with E-state index in [1.54, 1.807) is 7.05 Å². The summed E-state index contributed by atoms with van der Waals surface area (Å²) in [6.07, 6.45) is 1.45. The number of aryl methyl sites for hydroxylation is 1. The lowest BCUT2D eigenvalue weighted by Gasteiger charge is -2.06. The number of aromatic nitrogens is 2. The van der Waals surface area contributed by atoms with Gasteiger partial charge < -0.3 is 5.32 Å². The van der Waals surface area contributed by atoms with Gasteiger partial charge >= 0.3 is 0 Å². The van der Waals surface area contributed by atoms with Crippen LogP contribution in [0.15, 0.2) is 28.6 Å². The van der Waals surface area contributed by atoms with Crippen LogP contribution in [0.1, 0.15) is 10.7 Å². The van der Waals surface area contributed by atoms with Crippen LogP contribution in [0.25, 0.3) is 0 Å². The molecule has 0 amide bonds. The van der Waals surface area contributed by atoms with Crippen LogP contribution < -0.4 is 10.0 Å². The molecule has 6 nitrogen and oxygen atoms in total. The van der Waals surface area contributed by atoms with Crippen LogP contribution in [0, 0.1) is 6.92 Å². The second-order valence-corrected chi connectivity index (χ2v) is 6.54. The minimum atomic E-state index is -3.55. The molecule has 0 saturated heterocycles. The monoisotopic (exact) mass is 298 g/mol. The van der Waals surface area contributed by atoms with E-state index < -0.39 is 10.0 Å². The Kier molecular flexibility index (Phi) is 4.13. The number of thiazole rings is 1. The number of hydrogen-bond acceptors (Lipinski definition) is 6. The van der Waals surface area contributed by atoms with E-state index in [2.05, 4.69) is 20.0 Å². The van der Waals surface area contributed by atoms with Gasteiger partial charge in [-0.15, -0.1) is 11.3 Å². The molecule has 0 aromatic carbocycles. The third-order valence-electron chi connectivity index (χ3n) is 2.38. The minimum Gasteiger partial charge on any atom is -0.373 e. The van der Waals surface area contributed by atoms with Crippen molar-refractivity contribution in [1.82, 2.24) is 14.7 Å². The van der Waals surface area contributed by atoms with Crippen LogP contribution in [0.3, 0.4) is 0 Å². The molecule has 0 fully saturated rings. The molecule has 0 radical (unpaired) electrons. The van der Waals surface area contributed by atoms with Crippen molar-refractivity contribution in [3.05, 3.63) is 34.4 Å². The number of nitrogens with zero attached hydrogens (tertiary/aromatic N) is 2. The fraction of sp³-hybridized carbons (Fsp3) is 0.273. The second-order valence-electron chi connectivity index (χ2n) is 3.83. The molecule has 0 aliphatic carbocycles. The molecule has 2 N–H and O–H groups in total. The predicted octanol–water partition coefficient (Wildman–Crippen LogP) is 1.37. The Hall–Kier alpha value is -1.51. The van der Waals surface area contributed by atoms with Crippen LogP contribution in [0.2, 0.25) is 0 Å². The highest BCUT2D eigenvalue weighted by Crippen LogP contribution is 2.14. The molecule has 2 aromatic rings. The molecule has 2 rings (SSSR count). The summed E-state index contributed by atoms with van der Waals surface area (Å²) in [5, 5.41) is 5.43. The van der Waals surface area contributed by atoms with E-state index in [4.69, 9.17) is 0 Å². The zero-order valence-electron chi connectivity index (χ0n) is 10.5. The summed E-state index contributed by atoms with van der Waals surface area (Å²) < 4.78 is 26.7. The number of sulfonamides is 1. The first-order chi connectivity index (χ1) is 9.01. The first-order valence-electron chi connectivity index (χ1n) is 5.56. The van der Waals surface area contributed by atoms with E-state index in [0.717, 1.165) is 10.7 Å². The highest BCUT2D eigenvalue weighted by molar-refractivity contribution is 7.89. The molecule has 0 unspecified atom stereocenters. The highest BCUT2D eigenvalue weighted by atomic mass is 32.2. The maximum absolute atomic E-state index is 12.1. The van der Waals surface area contributed by atoms with E-state index in [1.165, 1.54) is 29.7 Å². The molecule has 102 valence electrons. The molecule has 8 heteroatoms. The van der Waals surface area contributed by atoms with E-state index in [9.17, 15) is 8.42 Å². The zero-order valence-corrected chi connectivity index (χ0v) is 12.2. The summed E-state index contributed by atoms with van der Waals surface area (Å²) in [6.45, 7) is 2.06. The van der Waals surface area contributed by atoms with Crippen LogP contribution in [-0.4, -0.2) is 25.4 Å². The lowest BCUT2D eigenvalue weighted by molar-refractivity contribution is 0.581. The van der Waals surface area contributed by atoms with Crippen molar-refractivity contribution in [3.8, 4) is 0 Å². The van der Waals surface area contributed by atoms with Gasteiger partial charge in [-0.2, -0.15) is 0 Å². The van der Waals surface area contributed by atoms with Gasteiger partial charge in [0.25, 0.3) is 0 Å². The quantitative estimate of drug-likeness (QED) is 0.871. The van der Waals surface area contributed by atoms with Crippen LogP contribution in [-0.2, 0) is 16.6 Å². The number of pyridine rings is 1. The summed E-state index contributed by atoms with van der Waals surface area (Å²) in [6, 6.07) is 2.94. The highest BCUT2D eigenvalue weighted by Gasteiger charge is 2.15. The fourth-order valence-corrected chi connectivity index (χ4v) is 3.24. The van der Waals surface area contributed by atoms with Gasteiger partial charge in [-0.3, -0.25) is 0 Å². The summed E-state index contributed by atoms with van der Waals surface area (Å²) >= 11 is 1.43. The summed E-state index contributed by atoms with van der Waals surface area (Å²) in [7, 11) is -1.86. The number of anilines is 1. The first kappa shape index (κ1) is 13.9. The molecule has 0 bridgehead atoms. The van der Waals surface area contributed by atoms with Gasteiger partial charge in [0.2, 0.25) is 10.0 Å². The van der Waals surface area contributed by atoms with Crippen molar-refractivity contribution >= 4 is 27.2 Å². The largest absolute Gasteiger partial charge is 0.373 e. The number of hydrogen-bond donors (Lipinski definition) is 2. The number of rotatable bonds is 5. The Morgan fingerprint density at radius 1 is 1.42 bits per heavy atom. The summed E-state index contributed by atoms with van der Waals surface area (Å²) in [5.74, 6) is 0.507. The van der Waals surface area contributed by atoms with E-state index in [-0.39, 0.29) is 11.4 Å². The molecule has 2 aromatic heterocycles. The van der Waals surface area contributed by atoms with Gasteiger partial charge in [0.15, 0.2) is 0 Å². The number of nitrogens with one attached hydrogen (secondary N) is 2. The van der Waals surface area contributed by atoms with Crippen LogP contribution >= 0.6 is 11.3 Å². The Morgan fingerprint density at radius 3 is 2.84 bits per heavy atom. The molecular formula is C11H14N4O2S2. The van der Waals surface area contributed by atoms with Crippen LogP contribution in [0.4, 0.5) is 5.82 Å². The van der Waals surface area contributed by atoms with E-state index in [1.807, 2.05) is 12.3 Å². The Balaban J connectivity index is 2.13. The van der Waals surface area contributed by atoms with Gasteiger partial charge in [-0.25, -0.2) is 23.1 Å². The average Bonchev–Trinajstić information content (AvgIpc) is 2.82. The third kappa shape index (κ3) is 3.49.